The molecule has 1 saturated heterocycles. The third kappa shape index (κ3) is 6.45. The van der Waals surface area contributed by atoms with Crippen LogP contribution >= 0.6 is 0 Å². The van der Waals surface area contributed by atoms with Gasteiger partial charge in [0.05, 0.1) is 26.0 Å². The maximum Gasteiger partial charge on any atom is 0.242 e. The minimum Gasteiger partial charge on any atom is -0.497 e. The second-order valence-corrected chi connectivity index (χ2v) is 10.7. The number of hydrogen-bond acceptors (Lipinski definition) is 7. The van der Waals surface area contributed by atoms with E-state index in [-0.39, 0.29) is 30.3 Å². The van der Waals surface area contributed by atoms with Crippen molar-refractivity contribution in [2.45, 2.75) is 38.6 Å². The van der Waals surface area contributed by atoms with E-state index in [0.29, 0.717) is 36.8 Å². The lowest BCUT2D eigenvalue weighted by Gasteiger charge is -2.36. The Hall–Kier alpha value is -4.14. The first kappa shape index (κ1) is 28.4. The molecule has 9 nitrogen and oxygen atoms in total. The van der Waals surface area contributed by atoms with Gasteiger partial charge in [0.1, 0.15) is 18.0 Å². The predicted molar refractivity (Wildman–Crippen MR) is 158 cm³/mol. The Morgan fingerprint density at radius 2 is 1.73 bits per heavy atom. The van der Waals surface area contributed by atoms with Crippen LogP contribution in [0.25, 0.3) is 11.3 Å². The standard InChI is InChI=1S/C32H39N5O4/c1-23(24-9-5-4-6-10-24)37(32(39)25-11-7-12-25)22-31(38)36-18-8-17-35(19-20-36)30-16-15-28(33-34-30)27-14-13-26(40-2)21-29(27)41-3/h4-6,9-10,13-16,21,23,25H,7-8,11-12,17-20,22H2,1-3H3/t23-/m0/s1. The number of amides is 2. The van der Waals surface area contributed by atoms with E-state index in [1.807, 2.05) is 72.5 Å². The van der Waals surface area contributed by atoms with Gasteiger partial charge in [0.2, 0.25) is 11.8 Å². The summed E-state index contributed by atoms with van der Waals surface area (Å²) in [5.41, 5.74) is 2.60. The molecule has 1 saturated carbocycles. The molecular formula is C32H39N5O4. The van der Waals surface area contributed by atoms with Crippen LogP contribution in [-0.4, -0.2) is 78.8 Å². The number of aromatic nitrogens is 2. The van der Waals surface area contributed by atoms with Crippen molar-refractivity contribution in [1.82, 2.24) is 20.0 Å². The number of benzene rings is 2. The lowest BCUT2D eigenvalue weighted by molar-refractivity contribution is -0.146. The summed E-state index contributed by atoms with van der Waals surface area (Å²) in [5.74, 6) is 2.28. The van der Waals surface area contributed by atoms with Crippen molar-refractivity contribution in [2.24, 2.45) is 5.92 Å². The van der Waals surface area contributed by atoms with Crippen LogP contribution in [0.1, 0.15) is 44.2 Å². The molecule has 1 aliphatic heterocycles. The Morgan fingerprint density at radius 1 is 0.927 bits per heavy atom. The van der Waals surface area contributed by atoms with Crippen molar-refractivity contribution in [2.75, 3.05) is 51.8 Å². The predicted octanol–water partition coefficient (Wildman–Crippen LogP) is 4.59. The summed E-state index contributed by atoms with van der Waals surface area (Å²) in [4.78, 5) is 32.8. The van der Waals surface area contributed by atoms with Gasteiger partial charge in [-0.2, -0.15) is 0 Å². The maximum atomic E-state index is 13.5. The van der Waals surface area contributed by atoms with Gasteiger partial charge in [0.25, 0.3) is 0 Å². The van der Waals surface area contributed by atoms with E-state index >= 15 is 0 Å². The molecule has 2 fully saturated rings. The molecule has 1 aromatic heterocycles. The summed E-state index contributed by atoms with van der Waals surface area (Å²) in [6.45, 7) is 4.76. The highest BCUT2D eigenvalue weighted by Gasteiger charge is 2.34. The third-order valence-corrected chi connectivity index (χ3v) is 8.30. The fraction of sp³-hybridized carbons (Fsp3) is 0.438. The number of carbonyl (C=O) groups excluding carboxylic acids is 2. The molecule has 9 heteroatoms. The molecule has 2 aromatic carbocycles. The number of rotatable bonds is 9. The van der Waals surface area contributed by atoms with E-state index in [4.69, 9.17) is 9.47 Å². The van der Waals surface area contributed by atoms with Gasteiger partial charge in [-0.1, -0.05) is 36.8 Å². The highest BCUT2D eigenvalue weighted by atomic mass is 16.5. The summed E-state index contributed by atoms with van der Waals surface area (Å²) in [5, 5.41) is 8.98. The molecule has 2 amide bonds. The fourth-order valence-corrected chi connectivity index (χ4v) is 5.50. The van der Waals surface area contributed by atoms with Gasteiger partial charge < -0.3 is 24.2 Å². The van der Waals surface area contributed by atoms with Gasteiger partial charge in [-0.15, -0.1) is 10.2 Å². The van der Waals surface area contributed by atoms with Gasteiger partial charge in [0, 0.05) is 43.7 Å². The van der Waals surface area contributed by atoms with Crippen molar-refractivity contribution >= 4 is 17.6 Å². The first-order chi connectivity index (χ1) is 20.0. The Morgan fingerprint density at radius 3 is 2.39 bits per heavy atom. The quantitative estimate of drug-likeness (QED) is 0.380. The SMILES string of the molecule is COc1ccc(-c2ccc(N3CCCN(C(=O)CN(C(=O)C4CCC4)[C@@H](C)c4ccccc4)CC3)nn2)c(OC)c1. The Balaban J connectivity index is 1.24. The minimum atomic E-state index is -0.158. The summed E-state index contributed by atoms with van der Waals surface area (Å²) in [7, 11) is 3.24. The van der Waals surface area contributed by atoms with E-state index in [2.05, 4.69) is 15.1 Å². The summed E-state index contributed by atoms with van der Waals surface area (Å²) in [6, 6.07) is 19.3. The van der Waals surface area contributed by atoms with E-state index in [0.717, 1.165) is 49.2 Å². The molecule has 3 aromatic rings. The molecule has 1 atom stereocenters. The highest BCUT2D eigenvalue weighted by molar-refractivity contribution is 5.86. The summed E-state index contributed by atoms with van der Waals surface area (Å²) >= 11 is 0. The largest absolute Gasteiger partial charge is 0.497 e. The molecule has 0 spiro atoms. The second-order valence-electron chi connectivity index (χ2n) is 10.7. The van der Waals surface area contributed by atoms with Crippen molar-refractivity contribution in [1.29, 1.82) is 0 Å². The van der Waals surface area contributed by atoms with Gasteiger partial charge in [-0.05, 0) is 56.0 Å². The van der Waals surface area contributed by atoms with Crippen LogP contribution in [0.15, 0.2) is 60.7 Å². The zero-order valence-electron chi connectivity index (χ0n) is 24.2. The van der Waals surface area contributed by atoms with Crippen molar-refractivity contribution in [3.8, 4) is 22.8 Å². The molecule has 0 unspecified atom stereocenters. The van der Waals surface area contributed by atoms with Crippen LogP contribution in [0, 0.1) is 5.92 Å². The molecule has 0 N–H and O–H groups in total. The van der Waals surface area contributed by atoms with Gasteiger partial charge >= 0.3 is 0 Å². The average molecular weight is 558 g/mol. The van der Waals surface area contributed by atoms with Crippen LogP contribution in [0.2, 0.25) is 0 Å². The first-order valence-electron chi connectivity index (χ1n) is 14.4. The summed E-state index contributed by atoms with van der Waals surface area (Å²) < 4.78 is 10.8. The second kappa shape index (κ2) is 13.0. The minimum absolute atomic E-state index is 0.00432. The number of nitrogens with zero attached hydrogens (tertiary/aromatic N) is 5. The van der Waals surface area contributed by atoms with Gasteiger partial charge in [0.15, 0.2) is 5.82 Å². The molecule has 5 rings (SSSR count). The fourth-order valence-electron chi connectivity index (χ4n) is 5.50. The van der Waals surface area contributed by atoms with Crippen LogP contribution in [-0.2, 0) is 9.59 Å². The van der Waals surface area contributed by atoms with Gasteiger partial charge in [-0.3, -0.25) is 9.59 Å². The third-order valence-electron chi connectivity index (χ3n) is 8.30. The highest BCUT2D eigenvalue weighted by Crippen LogP contribution is 2.33. The van der Waals surface area contributed by atoms with Crippen molar-refractivity contribution in [3.63, 3.8) is 0 Å². The van der Waals surface area contributed by atoms with E-state index in [1.54, 1.807) is 19.1 Å². The normalized spacial score (nSPS) is 16.4. The van der Waals surface area contributed by atoms with Crippen LogP contribution in [0.5, 0.6) is 11.5 Å². The molecule has 41 heavy (non-hydrogen) atoms. The smallest absolute Gasteiger partial charge is 0.242 e. The molecule has 2 aliphatic rings. The zero-order valence-corrected chi connectivity index (χ0v) is 24.2. The topological polar surface area (TPSA) is 88.1 Å². The number of carbonyl (C=O) groups is 2. The van der Waals surface area contributed by atoms with Crippen molar-refractivity contribution in [3.05, 3.63) is 66.2 Å². The number of hydrogen-bond donors (Lipinski definition) is 0. The Labute approximate surface area is 242 Å². The van der Waals surface area contributed by atoms with E-state index < -0.39 is 0 Å². The van der Waals surface area contributed by atoms with E-state index in [1.165, 1.54) is 0 Å². The molecule has 216 valence electrons. The molecule has 2 heterocycles. The number of ether oxygens (including phenoxy) is 2. The van der Waals surface area contributed by atoms with E-state index in [9.17, 15) is 9.59 Å². The van der Waals surface area contributed by atoms with Gasteiger partial charge in [-0.25, -0.2) is 0 Å². The van der Waals surface area contributed by atoms with Crippen molar-refractivity contribution < 1.29 is 19.1 Å². The van der Waals surface area contributed by atoms with Crippen LogP contribution in [0.3, 0.4) is 0 Å². The Kier molecular flexibility index (Phi) is 9.01. The van der Waals surface area contributed by atoms with Crippen LogP contribution in [0.4, 0.5) is 5.82 Å². The average Bonchev–Trinajstić information content (AvgIpc) is 3.25. The molecule has 1 aliphatic carbocycles. The zero-order chi connectivity index (χ0) is 28.8. The molecule has 0 radical (unpaired) electrons. The lowest BCUT2D eigenvalue weighted by Crippen LogP contribution is -2.47. The number of methoxy groups -OCH3 is 2. The molecule has 0 bridgehead atoms. The number of anilines is 1. The first-order valence-corrected chi connectivity index (χ1v) is 14.4. The summed E-state index contributed by atoms with van der Waals surface area (Å²) in [6.07, 6.45) is 3.72. The molecular weight excluding hydrogens is 518 g/mol. The maximum absolute atomic E-state index is 13.5. The lowest BCUT2D eigenvalue weighted by atomic mass is 9.84. The van der Waals surface area contributed by atoms with Crippen LogP contribution < -0.4 is 14.4 Å². The monoisotopic (exact) mass is 557 g/mol. The Bertz CT molecular complexity index is 1330.